The third-order valence-corrected chi connectivity index (χ3v) is 3.45. The number of aliphatic hydroxyl groups excluding tert-OH is 1. The Balaban J connectivity index is 2.09. The van der Waals surface area contributed by atoms with Gasteiger partial charge in [-0.1, -0.05) is 6.07 Å². The normalized spacial score (nSPS) is 18.6. The van der Waals surface area contributed by atoms with Crippen molar-refractivity contribution in [1.82, 2.24) is 0 Å². The van der Waals surface area contributed by atoms with Crippen LogP contribution in [0.3, 0.4) is 0 Å². The third-order valence-electron chi connectivity index (χ3n) is 3.45. The van der Waals surface area contributed by atoms with Gasteiger partial charge in [0.2, 0.25) is 0 Å². The molecule has 0 aliphatic carbocycles. The summed E-state index contributed by atoms with van der Waals surface area (Å²) in [5.41, 5.74) is 0.442. The Hall–Kier alpha value is -2.65. The van der Waals surface area contributed by atoms with Crippen molar-refractivity contribution in [2.75, 3.05) is 31.3 Å². The topological polar surface area (TPSA) is 123 Å². The molecule has 1 aromatic rings. The minimum absolute atomic E-state index is 0.0780. The average molecular weight is 353 g/mol. The number of anilines is 1. The molecule has 1 saturated heterocycles. The second kappa shape index (κ2) is 8.45. The number of amides is 1. The fraction of sp³-hybridized carbons (Fsp3) is 0.438. The molecule has 9 nitrogen and oxygen atoms in total. The molecule has 25 heavy (non-hydrogen) atoms. The molecule has 1 aliphatic rings. The summed E-state index contributed by atoms with van der Waals surface area (Å²) in [6.07, 6.45) is -3.42. The monoisotopic (exact) mass is 353 g/mol. The van der Waals surface area contributed by atoms with Crippen molar-refractivity contribution in [3.63, 3.8) is 0 Å². The number of carbonyl (C=O) groups is 3. The van der Waals surface area contributed by atoms with E-state index in [0.717, 1.165) is 0 Å². The summed E-state index contributed by atoms with van der Waals surface area (Å²) in [7, 11) is 0. The maximum atomic E-state index is 12.4. The molecule has 1 amide bonds. The van der Waals surface area contributed by atoms with E-state index in [1.165, 1.54) is 11.0 Å². The molecule has 0 spiro atoms. The van der Waals surface area contributed by atoms with Crippen LogP contribution >= 0.6 is 0 Å². The van der Waals surface area contributed by atoms with Crippen molar-refractivity contribution in [3.05, 3.63) is 24.3 Å². The number of carboxylic acid groups (broad SMARTS) is 1. The second-order valence-electron chi connectivity index (χ2n) is 5.16. The molecule has 1 aromatic carbocycles. The highest BCUT2D eigenvalue weighted by Gasteiger charge is 2.39. The van der Waals surface area contributed by atoms with Crippen molar-refractivity contribution in [2.24, 2.45) is 0 Å². The number of rotatable bonds is 7. The minimum Gasteiger partial charge on any atom is -0.482 e. The Morgan fingerprint density at radius 1 is 1.44 bits per heavy atom. The smallest absolute Gasteiger partial charge is 0.344 e. The van der Waals surface area contributed by atoms with Gasteiger partial charge in [0, 0.05) is 18.3 Å². The van der Waals surface area contributed by atoms with E-state index in [1.807, 2.05) is 0 Å². The predicted molar refractivity (Wildman–Crippen MR) is 84.3 cm³/mol. The summed E-state index contributed by atoms with van der Waals surface area (Å²) in [6.45, 7) is 1.94. The van der Waals surface area contributed by atoms with Gasteiger partial charge in [-0.15, -0.1) is 0 Å². The summed E-state index contributed by atoms with van der Waals surface area (Å²) in [5.74, 6) is -2.37. The van der Waals surface area contributed by atoms with Gasteiger partial charge in [-0.3, -0.25) is 4.79 Å². The number of carboxylic acids is 1. The molecular weight excluding hydrogens is 334 g/mol. The van der Waals surface area contributed by atoms with Crippen molar-refractivity contribution in [2.45, 2.75) is 19.1 Å². The molecule has 0 radical (unpaired) electrons. The van der Waals surface area contributed by atoms with Crippen LogP contribution in [0.5, 0.6) is 5.75 Å². The number of nitrogens with zero attached hydrogens (tertiary/aromatic N) is 1. The lowest BCUT2D eigenvalue weighted by Gasteiger charge is -2.33. The van der Waals surface area contributed by atoms with Gasteiger partial charge in [0.15, 0.2) is 18.8 Å². The number of benzene rings is 1. The standard InChI is InChI=1S/C16H19NO8/c1-2-23-12(18)9-25-11-5-3-4-10(8-11)17-6-7-24-14(15(17)20)13(19)16(21)22/h3-5,8,13-14,19H,2,6-7,9H2,1H3,(H,21,22). The Bertz CT molecular complexity index is 647. The predicted octanol–water partition coefficient (Wildman–Crippen LogP) is -0.194. The quantitative estimate of drug-likeness (QED) is 0.647. The summed E-state index contributed by atoms with van der Waals surface area (Å²) >= 11 is 0. The number of aliphatic carboxylic acids is 1. The largest absolute Gasteiger partial charge is 0.482 e. The molecule has 2 N–H and O–H groups in total. The molecule has 0 aromatic heterocycles. The van der Waals surface area contributed by atoms with E-state index in [9.17, 15) is 19.5 Å². The van der Waals surface area contributed by atoms with Crippen molar-refractivity contribution in [1.29, 1.82) is 0 Å². The van der Waals surface area contributed by atoms with Gasteiger partial charge < -0.3 is 29.3 Å². The maximum Gasteiger partial charge on any atom is 0.344 e. The van der Waals surface area contributed by atoms with Crippen LogP contribution in [0.1, 0.15) is 6.92 Å². The fourth-order valence-electron chi connectivity index (χ4n) is 2.30. The number of carbonyl (C=O) groups excluding carboxylic acids is 2. The highest BCUT2D eigenvalue weighted by molar-refractivity contribution is 6.00. The highest BCUT2D eigenvalue weighted by Crippen LogP contribution is 2.24. The van der Waals surface area contributed by atoms with E-state index >= 15 is 0 Å². The van der Waals surface area contributed by atoms with Gasteiger partial charge in [-0.05, 0) is 19.1 Å². The van der Waals surface area contributed by atoms with E-state index in [2.05, 4.69) is 0 Å². The van der Waals surface area contributed by atoms with Gasteiger partial charge in [0.25, 0.3) is 5.91 Å². The number of hydrogen-bond acceptors (Lipinski definition) is 7. The molecule has 1 fully saturated rings. The van der Waals surface area contributed by atoms with Crippen LogP contribution in [-0.2, 0) is 23.9 Å². The van der Waals surface area contributed by atoms with Crippen LogP contribution in [0, 0.1) is 0 Å². The Morgan fingerprint density at radius 2 is 2.20 bits per heavy atom. The Kier molecular flexibility index (Phi) is 6.31. The number of ether oxygens (including phenoxy) is 3. The van der Waals surface area contributed by atoms with E-state index in [4.69, 9.17) is 19.3 Å². The van der Waals surface area contributed by atoms with E-state index in [-0.39, 0.29) is 26.4 Å². The molecule has 0 saturated carbocycles. The van der Waals surface area contributed by atoms with E-state index < -0.39 is 30.1 Å². The summed E-state index contributed by atoms with van der Waals surface area (Å²) in [6, 6.07) is 6.40. The average Bonchev–Trinajstić information content (AvgIpc) is 2.60. The van der Waals surface area contributed by atoms with Crippen LogP contribution in [-0.4, -0.2) is 66.6 Å². The molecular formula is C16H19NO8. The second-order valence-corrected chi connectivity index (χ2v) is 5.16. The van der Waals surface area contributed by atoms with Crippen molar-refractivity contribution < 1.29 is 38.8 Å². The first-order valence-electron chi connectivity index (χ1n) is 7.66. The first-order valence-corrected chi connectivity index (χ1v) is 7.66. The van der Waals surface area contributed by atoms with Gasteiger partial charge in [-0.2, -0.15) is 0 Å². The van der Waals surface area contributed by atoms with Gasteiger partial charge in [0.1, 0.15) is 5.75 Å². The lowest BCUT2D eigenvalue weighted by Crippen LogP contribution is -2.54. The zero-order valence-corrected chi connectivity index (χ0v) is 13.6. The SMILES string of the molecule is CCOC(=O)COc1cccc(N2CCOC(C(O)C(=O)O)C2=O)c1. The highest BCUT2D eigenvalue weighted by atomic mass is 16.6. The Labute approximate surface area is 143 Å². The fourth-order valence-corrected chi connectivity index (χ4v) is 2.30. The molecule has 9 heteroatoms. The number of esters is 1. The van der Waals surface area contributed by atoms with Crippen molar-refractivity contribution >= 4 is 23.5 Å². The van der Waals surface area contributed by atoms with Gasteiger partial charge in [-0.25, -0.2) is 9.59 Å². The molecule has 1 heterocycles. The van der Waals surface area contributed by atoms with Crippen LogP contribution < -0.4 is 9.64 Å². The molecule has 136 valence electrons. The minimum atomic E-state index is -1.95. The van der Waals surface area contributed by atoms with E-state index in [1.54, 1.807) is 25.1 Å². The van der Waals surface area contributed by atoms with Gasteiger partial charge in [0.05, 0.1) is 13.2 Å². The van der Waals surface area contributed by atoms with E-state index in [0.29, 0.717) is 11.4 Å². The lowest BCUT2D eigenvalue weighted by molar-refractivity contribution is -0.163. The van der Waals surface area contributed by atoms with Crippen LogP contribution in [0.25, 0.3) is 0 Å². The molecule has 2 unspecified atom stereocenters. The summed E-state index contributed by atoms with van der Waals surface area (Å²) in [4.78, 5) is 35.9. The number of aliphatic hydroxyl groups is 1. The molecule has 2 atom stereocenters. The Morgan fingerprint density at radius 3 is 2.88 bits per heavy atom. The third kappa shape index (κ3) is 4.68. The zero-order chi connectivity index (χ0) is 18.4. The maximum absolute atomic E-state index is 12.4. The zero-order valence-electron chi connectivity index (χ0n) is 13.6. The van der Waals surface area contributed by atoms with Crippen LogP contribution in [0.4, 0.5) is 5.69 Å². The first-order chi connectivity index (χ1) is 11.9. The molecule has 2 rings (SSSR count). The summed E-state index contributed by atoms with van der Waals surface area (Å²) < 4.78 is 15.2. The van der Waals surface area contributed by atoms with Gasteiger partial charge >= 0.3 is 11.9 Å². The molecule has 0 bridgehead atoms. The number of hydrogen-bond donors (Lipinski definition) is 2. The summed E-state index contributed by atoms with van der Waals surface area (Å²) in [5, 5.41) is 18.4. The molecule has 1 aliphatic heterocycles. The van der Waals surface area contributed by atoms with Crippen LogP contribution in [0.15, 0.2) is 24.3 Å². The first kappa shape index (κ1) is 18.7. The lowest BCUT2D eigenvalue weighted by atomic mass is 10.1. The van der Waals surface area contributed by atoms with Crippen LogP contribution in [0.2, 0.25) is 0 Å². The van der Waals surface area contributed by atoms with Crippen molar-refractivity contribution in [3.8, 4) is 5.75 Å². The number of morpholine rings is 1.